The maximum Gasteiger partial charge on any atom is 0.0978 e. The number of rotatable bonds is 5. The molecule has 268 valence electrons. The zero-order valence-electron chi connectivity index (χ0n) is 31.7. The maximum atomic E-state index is 5.30. The Bertz CT molecular complexity index is 3180. The zero-order valence-corrected chi connectivity index (χ0v) is 31.7. The fourth-order valence-corrected chi connectivity index (χ4v) is 9.03. The number of fused-ring (bicyclic) bond motifs is 7. The summed E-state index contributed by atoms with van der Waals surface area (Å²) in [5.41, 5.74) is 18.7. The molecule has 10 aromatic rings. The number of para-hydroxylation sites is 1. The molecular weight excluding hydrogens is 691 g/mol. The van der Waals surface area contributed by atoms with Crippen LogP contribution in [0.5, 0.6) is 0 Å². The maximum absolute atomic E-state index is 5.30. The molecule has 3 aromatic heterocycles. The van der Waals surface area contributed by atoms with Crippen LogP contribution in [0.2, 0.25) is 0 Å². The van der Waals surface area contributed by atoms with Crippen LogP contribution in [0, 0.1) is 0 Å². The highest BCUT2D eigenvalue weighted by Crippen LogP contribution is 2.53. The van der Waals surface area contributed by atoms with Crippen molar-refractivity contribution in [2.24, 2.45) is 0 Å². The van der Waals surface area contributed by atoms with Crippen LogP contribution in [0.4, 0.5) is 0 Å². The molecule has 0 unspecified atom stereocenters. The van der Waals surface area contributed by atoms with E-state index in [1.807, 2.05) is 12.1 Å². The van der Waals surface area contributed by atoms with Gasteiger partial charge in [0.25, 0.3) is 0 Å². The summed E-state index contributed by atoms with van der Waals surface area (Å²) in [4.78, 5) is 15.8. The van der Waals surface area contributed by atoms with Crippen LogP contribution in [-0.4, -0.2) is 15.0 Å². The molecule has 0 bridgehead atoms. The second kappa shape index (κ2) is 12.9. The molecule has 3 nitrogen and oxygen atoms in total. The van der Waals surface area contributed by atoms with Gasteiger partial charge in [-0.15, -0.1) is 0 Å². The molecule has 0 aliphatic heterocycles. The molecule has 3 heteroatoms. The molecule has 0 saturated carbocycles. The molecule has 0 amide bonds. The van der Waals surface area contributed by atoms with E-state index in [4.69, 9.17) is 15.0 Å². The van der Waals surface area contributed by atoms with Gasteiger partial charge in [-0.05, 0) is 80.9 Å². The Labute approximate surface area is 332 Å². The Balaban J connectivity index is 1.03. The average Bonchev–Trinajstić information content (AvgIpc) is 3.50. The molecule has 0 spiro atoms. The number of pyridine rings is 3. The van der Waals surface area contributed by atoms with E-state index < -0.39 is 0 Å². The fourth-order valence-electron chi connectivity index (χ4n) is 9.03. The Morgan fingerprint density at radius 3 is 1.77 bits per heavy atom. The van der Waals surface area contributed by atoms with Crippen LogP contribution in [0.25, 0.3) is 99.9 Å². The van der Waals surface area contributed by atoms with Crippen molar-refractivity contribution in [2.45, 2.75) is 19.3 Å². The summed E-state index contributed by atoms with van der Waals surface area (Å²) in [6, 6.07) is 67.0. The Morgan fingerprint density at radius 1 is 0.386 bits per heavy atom. The van der Waals surface area contributed by atoms with Gasteiger partial charge < -0.3 is 0 Å². The summed E-state index contributed by atoms with van der Waals surface area (Å²) < 4.78 is 0. The van der Waals surface area contributed by atoms with Gasteiger partial charge in [-0.1, -0.05) is 166 Å². The van der Waals surface area contributed by atoms with Crippen LogP contribution in [0.15, 0.2) is 188 Å². The Kier molecular flexibility index (Phi) is 7.52. The molecule has 0 fully saturated rings. The largest absolute Gasteiger partial charge is 0.247 e. The van der Waals surface area contributed by atoms with Gasteiger partial charge >= 0.3 is 0 Å². The summed E-state index contributed by atoms with van der Waals surface area (Å²) in [6.07, 6.45) is 0. The first-order chi connectivity index (χ1) is 28.0. The predicted molar refractivity (Wildman–Crippen MR) is 237 cm³/mol. The third kappa shape index (κ3) is 5.38. The molecular formula is C54H37N3. The van der Waals surface area contributed by atoms with Crippen molar-refractivity contribution in [2.75, 3.05) is 0 Å². The lowest BCUT2D eigenvalue weighted by Crippen LogP contribution is -2.16. The summed E-state index contributed by atoms with van der Waals surface area (Å²) in [5, 5.41) is 3.33. The minimum Gasteiger partial charge on any atom is -0.247 e. The smallest absolute Gasteiger partial charge is 0.0978 e. The van der Waals surface area contributed by atoms with E-state index in [1.54, 1.807) is 0 Å². The van der Waals surface area contributed by atoms with Gasteiger partial charge in [0.2, 0.25) is 0 Å². The molecule has 1 aliphatic rings. The van der Waals surface area contributed by atoms with E-state index in [2.05, 4.69) is 190 Å². The molecule has 11 rings (SSSR count). The standard InChI is InChI=1S/C54H37N3/c1-54(2)45-22-11-9-20-42(45)52-50(54)49(43-21-10-12-23-48(43)57-52)39-19-13-18-38(32-39)34-24-26-35(27-25-34)44-33-40-28-30-46(36-14-5-3-6-15-36)55-51(40)53-41(44)29-31-47(56-53)37-16-7-4-8-17-37/h3-33H,1-2H3. The van der Waals surface area contributed by atoms with E-state index >= 15 is 0 Å². The van der Waals surface area contributed by atoms with Crippen molar-refractivity contribution in [1.82, 2.24) is 15.0 Å². The lowest BCUT2D eigenvalue weighted by Gasteiger charge is -2.25. The topological polar surface area (TPSA) is 38.7 Å². The van der Waals surface area contributed by atoms with Crippen LogP contribution in [0.3, 0.4) is 0 Å². The molecule has 1 aliphatic carbocycles. The first-order valence-electron chi connectivity index (χ1n) is 19.6. The number of hydrogen-bond donors (Lipinski definition) is 0. The van der Waals surface area contributed by atoms with E-state index in [0.717, 1.165) is 66.7 Å². The molecule has 7 aromatic carbocycles. The van der Waals surface area contributed by atoms with Crippen molar-refractivity contribution < 1.29 is 0 Å². The van der Waals surface area contributed by atoms with Gasteiger partial charge in [0, 0.05) is 38.3 Å². The third-order valence-corrected chi connectivity index (χ3v) is 11.8. The number of aromatic nitrogens is 3. The van der Waals surface area contributed by atoms with Crippen molar-refractivity contribution in [1.29, 1.82) is 0 Å². The highest BCUT2D eigenvalue weighted by atomic mass is 14.8. The highest BCUT2D eigenvalue weighted by molar-refractivity contribution is 6.11. The SMILES string of the molecule is CC1(C)c2ccccc2-c2nc3ccccc3c(-c3cccc(-c4ccc(-c5cc6ccc(-c7ccccc7)nc6c6nc(-c7ccccc7)ccc56)cc4)c3)c21. The predicted octanol–water partition coefficient (Wildman–Crippen LogP) is 14.0. The summed E-state index contributed by atoms with van der Waals surface area (Å²) in [7, 11) is 0. The molecule has 57 heavy (non-hydrogen) atoms. The van der Waals surface area contributed by atoms with E-state index in [-0.39, 0.29) is 5.41 Å². The van der Waals surface area contributed by atoms with Crippen LogP contribution < -0.4 is 0 Å². The lowest BCUT2D eigenvalue weighted by atomic mass is 9.78. The minimum absolute atomic E-state index is 0.187. The van der Waals surface area contributed by atoms with Crippen LogP contribution in [-0.2, 0) is 5.41 Å². The molecule has 0 N–H and O–H groups in total. The molecule has 0 saturated heterocycles. The number of benzene rings is 7. The van der Waals surface area contributed by atoms with Gasteiger partial charge in [0.1, 0.15) is 0 Å². The fraction of sp³-hybridized carbons (Fsp3) is 0.0556. The first kappa shape index (κ1) is 33.1. The van der Waals surface area contributed by atoms with E-state index in [9.17, 15) is 0 Å². The Morgan fingerprint density at radius 2 is 1.00 bits per heavy atom. The van der Waals surface area contributed by atoms with E-state index in [0.29, 0.717) is 0 Å². The quantitative estimate of drug-likeness (QED) is 0.166. The normalized spacial score (nSPS) is 12.9. The highest BCUT2D eigenvalue weighted by Gasteiger charge is 2.39. The van der Waals surface area contributed by atoms with Gasteiger partial charge in [0.15, 0.2) is 0 Å². The van der Waals surface area contributed by atoms with Crippen molar-refractivity contribution in [3.8, 4) is 67.2 Å². The van der Waals surface area contributed by atoms with Gasteiger partial charge in [-0.3, -0.25) is 0 Å². The van der Waals surface area contributed by atoms with Crippen LogP contribution >= 0.6 is 0 Å². The van der Waals surface area contributed by atoms with Gasteiger partial charge in [0.05, 0.1) is 33.6 Å². The summed E-state index contributed by atoms with van der Waals surface area (Å²) in [5.74, 6) is 0. The first-order valence-corrected chi connectivity index (χ1v) is 19.6. The summed E-state index contributed by atoms with van der Waals surface area (Å²) in [6.45, 7) is 4.68. The molecule has 0 radical (unpaired) electrons. The number of hydrogen-bond acceptors (Lipinski definition) is 3. The average molecular weight is 728 g/mol. The molecule has 0 atom stereocenters. The Hall–Kier alpha value is -7.23. The monoisotopic (exact) mass is 727 g/mol. The lowest BCUT2D eigenvalue weighted by molar-refractivity contribution is 0.662. The van der Waals surface area contributed by atoms with E-state index in [1.165, 1.54) is 44.3 Å². The summed E-state index contributed by atoms with van der Waals surface area (Å²) >= 11 is 0. The second-order valence-electron chi connectivity index (χ2n) is 15.6. The van der Waals surface area contributed by atoms with Gasteiger partial charge in [-0.25, -0.2) is 15.0 Å². The second-order valence-corrected chi connectivity index (χ2v) is 15.6. The molecule has 3 heterocycles. The van der Waals surface area contributed by atoms with Gasteiger partial charge in [-0.2, -0.15) is 0 Å². The van der Waals surface area contributed by atoms with Crippen molar-refractivity contribution >= 4 is 32.7 Å². The zero-order chi connectivity index (χ0) is 38.1. The number of nitrogens with zero attached hydrogens (tertiary/aromatic N) is 3. The third-order valence-electron chi connectivity index (χ3n) is 11.8. The van der Waals surface area contributed by atoms with Crippen molar-refractivity contribution in [3.05, 3.63) is 199 Å². The minimum atomic E-state index is -0.187. The van der Waals surface area contributed by atoms with Crippen molar-refractivity contribution in [3.63, 3.8) is 0 Å². The van der Waals surface area contributed by atoms with Crippen LogP contribution in [0.1, 0.15) is 25.0 Å².